The molecule has 0 bridgehead atoms. The van der Waals surface area contributed by atoms with Gasteiger partial charge in [-0.2, -0.15) is 4.57 Å². The number of rotatable bonds is 12. The van der Waals surface area contributed by atoms with Crippen LogP contribution < -0.4 is 36.9 Å². The van der Waals surface area contributed by atoms with Crippen LogP contribution in [0.5, 0.6) is 5.75 Å². The van der Waals surface area contributed by atoms with Gasteiger partial charge in [0.05, 0.1) is 0 Å². The number of allylic oxidation sites excluding steroid dienone is 1. The Bertz CT molecular complexity index is 2480. The van der Waals surface area contributed by atoms with Gasteiger partial charge in [-0.1, -0.05) is 66.7 Å². The zero-order valence-corrected chi connectivity index (χ0v) is 39.9. The highest BCUT2D eigenvalue weighted by Crippen LogP contribution is 2.43. The molecule has 0 unspecified atom stereocenters. The molecule has 0 spiro atoms. The van der Waals surface area contributed by atoms with Crippen molar-refractivity contribution in [2.24, 2.45) is 0 Å². The first-order valence-corrected chi connectivity index (χ1v) is 22.2. The number of aromatic nitrogens is 1. The molecule has 2 N–H and O–H groups in total. The van der Waals surface area contributed by atoms with Crippen molar-refractivity contribution in [1.82, 2.24) is 15.1 Å². The molecule has 4 heterocycles. The monoisotopic (exact) mass is 981 g/mol. The molecule has 2 fully saturated rings. The number of esters is 1. The predicted octanol–water partition coefficient (Wildman–Crippen LogP) is 3.98. The van der Waals surface area contributed by atoms with Crippen molar-refractivity contribution in [2.45, 2.75) is 89.8 Å². The minimum Gasteiger partial charge on any atom is -1.00 e. The van der Waals surface area contributed by atoms with Crippen molar-refractivity contribution in [1.29, 1.82) is 0 Å². The summed E-state index contributed by atoms with van der Waals surface area (Å²) in [5.74, 6) is -1.27. The average Bonchev–Trinajstić information content (AvgIpc) is 3.58. The second-order valence-corrected chi connectivity index (χ2v) is 18.8. The lowest BCUT2D eigenvalue weighted by atomic mass is 10.00. The zero-order valence-electron chi connectivity index (χ0n) is 37.4. The van der Waals surface area contributed by atoms with Crippen molar-refractivity contribution in [3.05, 3.63) is 149 Å². The maximum absolute atomic E-state index is 14.5. The summed E-state index contributed by atoms with van der Waals surface area (Å²) >= 11 is 1.37. The van der Waals surface area contributed by atoms with Gasteiger partial charge in [0.25, 0.3) is 11.8 Å². The predicted molar refractivity (Wildman–Crippen MR) is 241 cm³/mol. The topological polar surface area (TPSA) is 174 Å². The number of benzene rings is 3. The van der Waals surface area contributed by atoms with Gasteiger partial charge >= 0.3 is 18.2 Å². The number of carbonyl (C=O) groups is 6. The van der Waals surface area contributed by atoms with Crippen LogP contribution >= 0.6 is 11.8 Å². The Hall–Kier alpha value is -6.46. The molecule has 3 aliphatic rings. The summed E-state index contributed by atoms with van der Waals surface area (Å²) in [6.45, 7) is 11.1. The van der Waals surface area contributed by atoms with Gasteiger partial charge in [0.2, 0.25) is 12.5 Å². The summed E-state index contributed by atoms with van der Waals surface area (Å²) in [5.41, 5.74) is 2.22. The van der Waals surface area contributed by atoms with Crippen LogP contribution in [0.4, 0.5) is 15.3 Å². The molecule has 4 aromatic rings. The summed E-state index contributed by atoms with van der Waals surface area (Å²) in [6, 6.07) is 27.8. The molecule has 0 radical (unpaired) electrons. The van der Waals surface area contributed by atoms with Gasteiger partial charge in [0.15, 0.2) is 18.5 Å². The quantitative estimate of drug-likeness (QED) is 0.0525. The lowest BCUT2D eigenvalue weighted by Crippen LogP contribution is -3.00. The van der Waals surface area contributed by atoms with Crippen LogP contribution in [0, 0.1) is 0 Å². The Morgan fingerprint density at radius 3 is 2.11 bits per heavy atom. The van der Waals surface area contributed by atoms with Gasteiger partial charge in [-0.05, 0) is 88.4 Å². The molecule has 2 atom stereocenters. The molecule has 1 aromatic heterocycles. The number of alkyl carbamates (subject to hydrolysis) is 1. The van der Waals surface area contributed by atoms with E-state index in [0.29, 0.717) is 36.3 Å². The fourth-order valence-electron chi connectivity index (χ4n) is 7.38. The third kappa shape index (κ3) is 12.5. The van der Waals surface area contributed by atoms with Gasteiger partial charge in [-0.25, -0.2) is 14.4 Å². The first-order valence-electron chi connectivity index (χ1n) is 21.2. The van der Waals surface area contributed by atoms with Crippen molar-refractivity contribution in [3.8, 4) is 5.75 Å². The molecule has 346 valence electrons. The fourth-order valence-corrected chi connectivity index (χ4v) is 8.68. The fraction of sp³-hybridized carbons (Fsp3) is 0.327. The number of β-lactam (4-membered cyclic amide) rings is 1. The molecular weight excluding hydrogens is 931 g/mol. The number of hydrogen-bond donors (Lipinski definition) is 2. The number of carbonyl (C=O) groups excluding carboxylic acids is 6. The molecule has 3 aromatic carbocycles. The zero-order chi connectivity index (χ0) is 46.5. The molecular formula is C49H52BrN5O10S. The minimum atomic E-state index is -0.933. The number of thioether (sulfide) groups is 1. The van der Waals surface area contributed by atoms with Crippen LogP contribution in [0.25, 0.3) is 0 Å². The number of nitrogens with zero attached hydrogens (tertiary/aromatic N) is 3. The normalized spacial score (nSPS) is 17.7. The van der Waals surface area contributed by atoms with E-state index in [1.807, 2.05) is 72.8 Å². The molecule has 2 saturated heterocycles. The second-order valence-electron chi connectivity index (χ2n) is 17.7. The maximum Gasteiger partial charge on any atom is 0.514 e. The summed E-state index contributed by atoms with van der Waals surface area (Å²) < 4.78 is 23.8. The SMILES string of the molecule is CC(C)(C)OC(=O)N[C@@H]1C(=O)N2C(C(=O)OC(c3ccccc3)c3ccccc3)=C(C=C3CCN(Cc4cc[n+](CC(=O)Nc5cccc(OC(=O)OC(C)(C)C)c5)cc4)C3=O)CS[C@H]12.[Br-]. The number of halogens is 1. The Kier molecular flexibility index (Phi) is 15.4. The number of hydrogen-bond acceptors (Lipinski definition) is 11. The molecule has 0 saturated carbocycles. The Balaban J connectivity index is 0.00000720. The highest BCUT2D eigenvalue weighted by molar-refractivity contribution is 8.00. The minimum absolute atomic E-state index is 0. The molecule has 4 amide bonds. The first-order chi connectivity index (χ1) is 30.9. The standard InChI is InChI=1S/C49H51N5O10S.BrH/c1-48(2,3)63-46(59)51-39-43(57)54-40(45(58)62-41(32-14-9-7-10-15-32)33-16-11-8-12-17-33)35(30-65-44(39)54)26-34-22-25-53(42(34)56)28-31-20-23-52(24-21-31)29-38(55)50-36-18-13-19-37(27-36)61-47(60)64-49(4,5)6;/h7-21,23-24,26-27,39,41,44H,22,25,28-30H2,1-6H3,(H-,50,51,55,59);1H/t39-,44-;/m1./s1. The van der Waals surface area contributed by atoms with E-state index in [0.717, 1.165) is 16.7 Å². The van der Waals surface area contributed by atoms with Crippen LogP contribution in [0.1, 0.15) is 70.8 Å². The van der Waals surface area contributed by atoms with Gasteiger partial charge < -0.3 is 51.5 Å². The summed E-state index contributed by atoms with van der Waals surface area (Å²) in [5, 5.41) is 4.87. The number of likely N-dealkylation sites (tertiary alicyclic amines) is 1. The van der Waals surface area contributed by atoms with Crippen molar-refractivity contribution in [3.63, 3.8) is 0 Å². The molecule has 15 nitrogen and oxygen atoms in total. The van der Waals surface area contributed by atoms with Crippen LogP contribution in [0.15, 0.2) is 132 Å². The number of nitrogens with one attached hydrogen (secondary N) is 2. The Morgan fingerprint density at radius 2 is 1.48 bits per heavy atom. The third-order valence-corrected chi connectivity index (χ3v) is 11.5. The summed E-state index contributed by atoms with van der Waals surface area (Å²) in [4.78, 5) is 83.1. The van der Waals surface area contributed by atoms with E-state index < -0.39 is 52.8 Å². The van der Waals surface area contributed by atoms with E-state index in [4.69, 9.17) is 18.9 Å². The molecule has 7 rings (SSSR count). The second kappa shape index (κ2) is 20.8. The highest BCUT2D eigenvalue weighted by Gasteiger charge is 2.55. The number of anilines is 1. The average molecular weight is 983 g/mol. The Labute approximate surface area is 398 Å². The van der Waals surface area contributed by atoms with E-state index >= 15 is 0 Å². The largest absolute Gasteiger partial charge is 1.00 e. The lowest BCUT2D eigenvalue weighted by molar-refractivity contribution is -0.684. The Morgan fingerprint density at radius 1 is 0.848 bits per heavy atom. The van der Waals surface area contributed by atoms with Crippen molar-refractivity contribution in [2.75, 3.05) is 17.6 Å². The van der Waals surface area contributed by atoms with Crippen molar-refractivity contribution >= 4 is 53.4 Å². The van der Waals surface area contributed by atoms with Crippen LogP contribution in [0.2, 0.25) is 0 Å². The van der Waals surface area contributed by atoms with Crippen LogP contribution in [-0.2, 0) is 46.5 Å². The van der Waals surface area contributed by atoms with E-state index in [1.54, 1.807) is 87.7 Å². The van der Waals surface area contributed by atoms with Gasteiger partial charge in [0.1, 0.15) is 34.1 Å². The van der Waals surface area contributed by atoms with E-state index in [2.05, 4.69) is 10.6 Å². The number of amides is 4. The van der Waals surface area contributed by atoms with Crippen LogP contribution in [0.3, 0.4) is 0 Å². The third-order valence-electron chi connectivity index (χ3n) is 10.2. The molecule has 3 aliphatic heterocycles. The van der Waals surface area contributed by atoms with E-state index in [1.165, 1.54) is 22.7 Å². The number of pyridine rings is 1. The molecule has 17 heteroatoms. The summed E-state index contributed by atoms with van der Waals surface area (Å²) in [7, 11) is 0. The smallest absolute Gasteiger partial charge is 0.514 e. The van der Waals surface area contributed by atoms with Crippen LogP contribution in [-0.4, -0.2) is 80.7 Å². The molecule has 66 heavy (non-hydrogen) atoms. The van der Waals surface area contributed by atoms with Gasteiger partial charge in [-0.15, -0.1) is 11.8 Å². The lowest BCUT2D eigenvalue weighted by Gasteiger charge is -2.49. The van der Waals surface area contributed by atoms with E-state index in [9.17, 15) is 28.8 Å². The number of ether oxygens (including phenoxy) is 4. The maximum atomic E-state index is 14.5. The van der Waals surface area contributed by atoms with Crippen molar-refractivity contribution < 1.29 is 69.3 Å². The number of fused-ring (bicyclic) bond motifs is 1. The first kappa shape index (κ1) is 49.0. The van der Waals surface area contributed by atoms with Gasteiger partial charge in [0, 0.05) is 48.3 Å². The van der Waals surface area contributed by atoms with Gasteiger partial charge in [-0.3, -0.25) is 19.3 Å². The highest BCUT2D eigenvalue weighted by atomic mass is 79.9. The van der Waals surface area contributed by atoms with E-state index in [-0.39, 0.29) is 52.5 Å². The summed E-state index contributed by atoms with van der Waals surface area (Å²) in [6.07, 6.45) is 3.21. The molecule has 0 aliphatic carbocycles.